The normalized spacial score (nSPS) is 13.8. The zero-order valence-electron chi connectivity index (χ0n) is 11.4. The van der Waals surface area contributed by atoms with Crippen LogP contribution in [0.2, 0.25) is 0 Å². The Morgan fingerprint density at radius 2 is 2.40 bits per heavy atom. The van der Waals surface area contributed by atoms with Crippen LogP contribution in [0.4, 0.5) is 0 Å². The van der Waals surface area contributed by atoms with Crippen molar-refractivity contribution in [3.8, 4) is 0 Å². The van der Waals surface area contributed by atoms with Crippen molar-refractivity contribution < 1.29 is 4.79 Å². The topological polar surface area (TPSA) is 71.8 Å². The number of nitrogens with one attached hydrogen (secondary N) is 2. The zero-order valence-corrected chi connectivity index (χ0v) is 11.4. The van der Waals surface area contributed by atoms with Gasteiger partial charge in [0.1, 0.15) is 6.33 Å². The lowest BCUT2D eigenvalue weighted by molar-refractivity contribution is 0.0948. The molecule has 6 nitrogen and oxygen atoms in total. The van der Waals surface area contributed by atoms with Crippen LogP contribution < -0.4 is 10.6 Å². The third-order valence-electron chi connectivity index (χ3n) is 3.44. The van der Waals surface area contributed by atoms with Crippen molar-refractivity contribution >= 4 is 5.91 Å². The van der Waals surface area contributed by atoms with E-state index in [9.17, 15) is 4.79 Å². The Bertz CT molecular complexity index is 634. The highest BCUT2D eigenvalue weighted by Gasteiger charge is 2.17. The Morgan fingerprint density at radius 1 is 1.50 bits per heavy atom. The van der Waals surface area contributed by atoms with Gasteiger partial charge >= 0.3 is 0 Å². The van der Waals surface area contributed by atoms with Crippen molar-refractivity contribution in [2.75, 3.05) is 6.54 Å². The molecule has 3 rings (SSSR count). The van der Waals surface area contributed by atoms with E-state index in [0.717, 1.165) is 30.6 Å². The highest BCUT2D eigenvalue weighted by molar-refractivity contribution is 5.96. The molecule has 1 aliphatic rings. The van der Waals surface area contributed by atoms with Gasteiger partial charge in [0.05, 0.1) is 6.54 Å². The predicted octanol–water partition coefficient (Wildman–Crippen LogP) is 0.391. The van der Waals surface area contributed by atoms with Crippen molar-refractivity contribution in [3.05, 3.63) is 47.0 Å². The molecule has 6 heteroatoms. The van der Waals surface area contributed by atoms with E-state index in [1.165, 1.54) is 5.56 Å². The summed E-state index contributed by atoms with van der Waals surface area (Å²) in [4.78, 5) is 16.4. The second kappa shape index (κ2) is 5.42. The van der Waals surface area contributed by atoms with Gasteiger partial charge in [-0.3, -0.25) is 9.48 Å². The monoisotopic (exact) mass is 271 g/mol. The van der Waals surface area contributed by atoms with Gasteiger partial charge in [0.15, 0.2) is 5.82 Å². The van der Waals surface area contributed by atoms with Crippen molar-refractivity contribution in [3.63, 3.8) is 0 Å². The van der Waals surface area contributed by atoms with Crippen molar-refractivity contribution in [2.45, 2.75) is 19.5 Å². The number of aromatic nitrogens is 3. The molecule has 0 unspecified atom stereocenters. The van der Waals surface area contributed by atoms with Crippen LogP contribution in [0.5, 0.6) is 0 Å². The molecule has 0 bridgehead atoms. The first-order valence-electron chi connectivity index (χ1n) is 6.68. The molecule has 20 heavy (non-hydrogen) atoms. The predicted molar refractivity (Wildman–Crippen MR) is 74.0 cm³/mol. The molecule has 0 saturated heterocycles. The first kappa shape index (κ1) is 12.8. The molecule has 1 aromatic heterocycles. The first-order valence-corrected chi connectivity index (χ1v) is 6.68. The van der Waals surface area contributed by atoms with E-state index >= 15 is 0 Å². The Kier molecular flexibility index (Phi) is 3.47. The lowest BCUT2D eigenvalue weighted by atomic mass is 9.95. The lowest BCUT2D eigenvalue weighted by Crippen LogP contribution is -2.29. The van der Waals surface area contributed by atoms with Crippen LogP contribution in [-0.4, -0.2) is 27.2 Å². The third-order valence-corrected chi connectivity index (χ3v) is 3.44. The number of carbonyl (C=O) groups excluding carboxylic acids is 1. The second-order valence-corrected chi connectivity index (χ2v) is 4.89. The van der Waals surface area contributed by atoms with Gasteiger partial charge in [-0.25, -0.2) is 4.98 Å². The number of hydrogen-bond acceptors (Lipinski definition) is 4. The molecule has 1 amide bonds. The molecule has 2 aromatic rings. The number of hydrogen-bond donors (Lipinski definition) is 2. The van der Waals surface area contributed by atoms with Gasteiger partial charge in [0, 0.05) is 19.2 Å². The maximum atomic E-state index is 12.3. The highest BCUT2D eigenvalue weighted by atomic mass is 16.1. The maximum Gasteiger partial charge on any atom is 0.251 e. The van der Waals surface area contributed by atoms with Gasteiger partial charge in [-0.1, -0.05) is 12.1 Å². The maximum absolute atomic E-state index is 12.3. The molecule has 1 aromatic carbocycles. The highest BCUT2D eigenvalue weighted by Crippen LogP contribution is 2.18. The minimum absolute atomic E-state index is 0.0591. The Morgan fingerprint density at radius 3 is 3.20 bits per heavy atom. The summed E-state index contributed by atoms with van der Waals surface area (Å²) in [6.45, 7) is 2.10. The Labute approximate surface area is 117 Å². The SMILES string of the molecule is Cn1cnc(CNC(=O)c2cccc3c2CCNC3)n1. The van der Waals surface area contributed by atoms with Crippen LogP contribution in [0.3, 0.4) is 0 Å². The van der Waals surface area contributed by atoms with E-state index in [0.29, 0.717) is 12.4 Å². The summed E-state index contributed by atoms with van der Waals surface area (Å²) in [5, 5.41) is 10.3. The molecule has 0 spiro atoms. The van der Waals surface area contributed by atoms with Crippen LogP contribution in [0.1, 0.15) is 27.3 Å². The van der Waals surface area contributed by atoms with E-state index in [-0.39, 0.29) is 5.91 Å². The third kappa shape index (κ3) is 2.55. The fourth-order valence-electron chi connectivity index (χ4n) is 2.46. The van der Waals surface area contributed by atoms with Crippen LogP contribution in [0.25, 0.3) is 0 Å². The minimum atomic E-state index is -0.0591. The summed E-state index contributed by atoms with van der Waals surface area (Å²) < 4.78 is 1.62. The first-order chi connectivity index (χ1) is 9.74. The molecular formula is C14H17N5O. The van der Waals surface area contributed by atoms with Crippen molar-refractivity contribution in [1.82, 2.24) is 25.4 Å². The van der Waals surface area contributed by atoms with Gasteiger partial charge < -0.3 is 10.6 Å². The van der Waals surface area contributed by atoms with Gasteiger partial charge in [-0.2, -0.15) is 5.10 Å². The van der Waals surface area contributed by atoms with Gasteiger partial charge in [0.25, 0.3) is 5.91 Å². The molecular weight excluding hydrogens is 254 g/mol. The molecule has 104 valence electrons. The van der Waals surface area contributed by atoms with Crippen LogP contribution in [-0.2, 0) is 26.6 Å². The van der Waals surface area contributed by atoms with Crippen LogP contribution in [0, 0.1) is 0 Å². The molecule has 0 saturated carbocycles. The van der Waals surface area contributed by atoms with E-state index in [4.69, 9.17) is 0 Å². The quantitative estimate of drug-likeness (QED) is 0.847. The minimum Gasteiger partial charge on any atom is -0.345 e. The smallest absolute Gasteiger partial charge is 0.251 e. The number of carbonyl (C=O) groups is 1. The zero-order chi connectivity index (χ0) is 13.9. The number of aryl methyl sites for hydroxylation is 1. The number of amides is 1. The lowest BCUT2D eigenvalue weighted by Gasteiger charge is -2.19. The summed E-state index contributed by atoms with van der Waals surface area (Å²) in [6, 6.07) is 5.88. The average molecular weight is 271 g/mol. The number of nitrogens with zero attached hydrogens (tertiary/aromatic N) is 3. The van der Waals surface area contributed by atoms with E-state index < -0.39 is 0 Å². The van der Waals surface area contributed by atoms with Crippen molar-refractivity contribution in [1.29, 1.82) is 0 Å². The molecule has 2 N–H and O–H groups in total. The Balaban J connectivity index is 1.74. The fourth-order valence-corrected chi connectivity index (χ4v) is 2.46. The van der Waals surface area contributed by atoms with Crippen LogP contribution >= 0.6 is 0 Å². The number of benzene rings is 1. The standard InChI is InChI=1S/C14H17N5O/c1-19-9-17-13(18-19)8-16-14(20)12-4-2-3-10-7-15-6-5-11(10)12/h2-4,9,15H,5-8H2,1H3,(H,16,20). The largest absolute Gasteiger partial charge is 0.345 e. The summed E-state index contributed by atoms with van der Waals surface area (Å²) in [7, 11) is 1.80. The molecule has 0 radical (unpaired) electrons. The molecule has 0 aliphatic carbocycles. The number of fused-ring (bicyclic) bond motifs is 1. The van der Waals surface area contributed by atoms with Crippen LogP contribution in [0.15, 0.2) is 24.5 Å². The van der Waals surface area contributed by atoms with E-state index in [2.05, 4.69) is 26.8 Å². The molecule has 2 heterocycles. The summed E-state index contributed by atoms with van der Waals surface area (Å²) in [5.74, 6) is 0.559. The summed E-state index contributed by atoms with van der Waals surface area (Å²) >= 11 is 0. The summed E-state index contributed by atoms with van der Waals surface area (Å²) in [5.41, 5.74) is 3.12. The molecule has 1 aliphatic heterocycles. The molecule has 0 fully saturated rings. The van der Waals surface area contributed by atoms with Crippen molar-refractivity contribution in [2.24, 2.45) is 7.05 Å². The average Bonchev–Trinajstić information content (AvgIpc) is 2.90. The van der Waals surface area contributed by atoms with Gasteiger partial charge in [0.2, 0.25) is 0 Å². The van der Waals surface area contributed by atoms with Gasteiger partial charge in [-0.05, 0) is 30.2 Å². The van der Waals surface area contributed by atoms with E-state index in [1.54, 1.807) is 18.1 Å². The van der Waals surface area contributed by atoms with E-state index in [1.807, 2.05) is 12.1 Å². The second-order valence-electron chi connectivity index (χ2n) is 4.89. The summed E-state index contributed by atoms with van der Waals surface area (Å²) in [6.07, 6.45) is 2.51. The Hall–Kier alpha value is -2.21. The number of rotatable bonds is 3. The fraction of sp³-hybridized carbons (Fsp3) is 0.357. The van der Waals surface area contributed by atoms with Gasteiger partial charge in [-0.15, -0.1) is 0 Å². The molecule has 0 atom stereocenters.